The van der Waals surface area contributed by atoms with Crippen LogP contribution in [0, 0.1) is 19.7 Å². The molecule has 0 unspecified atom stereocenters. The summed E-state index contributed by atoms with van der Waals surface area (Å²) in [5.74, 6) is -0.633. The minimum Gasteiger partial charge on any atom is -0.397 e. The average molecular weight is 360 g/mol. The topological polar surface area (TPSA) is 80.9 Å². The number of nitrogens with zero attached hydrogens (tertiary/aromatic N) is 2. The Bertz CT molecular complexity index is 907. The molecule has 0 atom stereocenters. The Balaban J connectivity index is 0.00000109. The first kappa shape index (κ1) is 18.8. The molecule has 0 saturated carbocycles. The van der Waals surface area contributed by atoms with Crippen molar-refractivity contribution in [2.24, 2.45) is 0 Å². The molecule has 2 heterocycles. The Kier molecular flexibility index (Phi) is 6.03. The highest BCUT2D eigenvalue weighted by atomic mass is 32.1. The molecule has 7 heteroatoms. The van der Waals surface area contributed by atoms with Crippen LogP contribution in [0.25, 0.3) is 10.2 Å². The Labute approximate surface area is 150 Å². The third-order valence-corrected chi connectivity index (χ3v) is 4.77. The number of amides is 1. The number of halogens is 1. The van der Waals surface area contributed by atoms with Gasteiger partial charge in [0.2, 0.25) is 0 Å². The van der Waals surface area contributed by atoms with Crippen LogP contribution in [-0.2, 0) is 6.54 Å². The van der Waals surface area contributed by atoms with Crippen molar-refractivity contribution in [1.82, 2.24) is 15.5 Å². The monoisotopic (exact) mass is 360 g/mol. The van der Waals surface area contributed by atoms with Crippen LogP contribution in [0.2, 0.25) is 0 Å². The van der Waals surface area contributed by atoms with Gasteiger partial charge in [-0.2, -0.15) is 5.10 Å². The molecule has 3 aromatic rings. The average Bonchev–Trinajstić information content (AvgIpc) is 2.95. The number of benzene rings is 1. The lowest BCUT2D eigenvalue weighted by molar-refractivity contribution is 0.0955. The molecule has 25 heavy (non-hydrogen) atoms. The molecule has 0 bridgehead atoms. The van der Waals surface area contributed by atoms with Gasteiger partial charge in [0.1, 0.15) is 15.5 Å². The zero-order valence-corrected chi connectivity index (χ0v) is 15.5. The smallest absolute Gasteiger partial charge is 0.263 e. The first-order valence-corrected chi connectivity index (χ1v) is 8.83. The SMILES string of the molecule is CC.Cc1nnc2sc(C(=O)NCc3cccc(F)c3)c(N)c2c1C. The lowest BCUT2D eigenvalue weighted by Crippen LogP contribution is -2.22. The van der Waals surface area contributed by atoms with Crippen LogP contribution in [0.5, 0.6) is 0 Å². The number of nitrogens with two attached hydrogens (primary N) is 1. The molecule has 0 aliphatic carbocycles. The molecule has 0 spiro atoms. The Hall–Kier alpha value is -2.54. The van der Waals surface area contributed by atoms with Crippen molar-refractivity contribution in [1.29, 1.82) is 0 Å². The van der Waals surface area contributed by atoms with Gasteiger partial charge in [0.15, 0.2) is 0 Å². The molecule has 0 aliphatic heterocycles. The fourth-order valence-corrected chi connectivity index (χ4v) is 3.34. The van der Waals surface area contributed by atoms with Crippen molar-refractivity contribution in [3.8, 4) is 0 Å². The maximum absolute atomic E-state index is 13.2. The summed E-state index contributed by atoms with van der Waals surface area (Å²) in [6.45, 7) is 7.99. The van der Waals surface area contributed by atoms with Crippen molar-refractivity contribution in [3.63, 3.8) is 0 Å². The van der Waals surface area contributed by atoms with Crippen LogP contribution >= 0.6 is 11.3 Å². The van der Waals surface area contributed by atoms with Gasteiger partial charge < -0.3 is 11.1 Å². The highest BCUT2D eigenvalue weighted by Gasteiger charge is 2.19. The normalized spacial score (nSPS) is 10.3. The van der Waals surface area contributed by atoms with E-state index >= 15 is 0 Å². The van der Waals surface area contributed by atoms with E-state index in [4.69, 9.17) is 5.73 Å². The second-order valence-corrected chi connectivity index (χ2v) is 6.25. The highest BCUT2D eigenvalue weighted by molar-refractivity contribution is 7.21. The van der Waals surface area contributed by atoms with Crippen LogP contribution in [-0.4, -0.2) is 16.1 Å². The lowest BCUT2D eigenvalue weighted by atomic mass is 10.1. The number of hydrogen-bond donors (Lipinski definition) is 2. The molecular weight excluding hydrogens is 339 g/mol. The Morgan fingerprint density at radius 3 is 2.68 bits per heavy atom. The van der Waals surface area contributed by atoms with E-state index in [1.807, 2.05) is 27.7 Å². The van der Waals surface area contributed by atoms with Gasteiger partial charge in [-0.05, 0) is 37.1 Å². The second kappa shape index (κ2) is 8.02. The molecule has 0 fully saturated rings. The van der Waals surface area contributed by atoms with Crippen molar-refractivity contribution in [2.75, 3.05) is 5.73 Å². The van der Waals surface area contributed by atoms with Gasteiger partial charge in [-0.15, -0.1) is 16.4 Å². The van der Waals surface area contributed by atoms with Crippen LogP contribution in [0.1, 0.15) is 40.3 Å². The number of rotatable bonds is 3. The van der Waals surface area contributed by atoms with Crippen molar-refractivity contribution < 1.29 is 9.18 Å². The molecule has 3 rings (SSSR count). The number of nitrogens with one attached hydrogen (secondary N) is 1. The van der Waals surface area contributed by atoms with Crippen molar-refractivity contribution in [3.05, 3.63) is 51.8 Å². The molecule has 0 aliphatic rings. The largest absolute Gasteiger partial charge is 0.397 e. The number of hydrogen-bond acceptors (Lipinski definition) is 5. The molecule has 2 aromatic heterocycles. The van der Waals surface area contributed by atoms with E-state index < -0.39 is 0 Å². The number of fused-ring (bicyclic) bond motifs is 1. The van der Waals surface area contributed by atoms with Crippen LogP contribution in [0.3, 0.4) is 0 Å². The van der Waals surface area contributed by atoms with E-state index in [2.05, 4.69) is 15.5 Å². The van der Waals surface area contributed by atoms with Gasteiger partial charge in [0.05, 0.1) is 11.4 Å². The summed E-state index contributed by atoms with van der Waals surface area (Å²) < 4.78 is 13.2. The molecule has 0 saturated heterocycles. The van der Waals surface area contributed by atoms with E-state index in [-0.39, 0.29) is 18.3 Å². The summed E-state index contributed by atoms with van der Waals surface area (Å²) in [5.41, 5.74) is 8.93. The number of thiophene rings is 1. The Morgan fingerprint density at radius 2 is 2.00 bits per heavy atom. The standard InChI is InChI=1S/C16H15FN4OS.C2H6/c1-8-9(2)20-21-16-12(8)13(18)14(23-16)15(22)19-7-10-4-3-5-11(17)6-10;1-2/h3-6H,7,18H2,1-2H3,(H,19,22);1-2H3. The van der Waals surface area contributed by atoms with Gasteiger partial charge in [-0.1, -0.05) is 26.0 Å². The molecule has 3 N–H and O–H groups in total. The van der Waals surface area contributed by atoms with E-state index in [1.165, 1.54) is 23.5 Å². The number of aryl methyl sites for hydroxylation is 2. The summed E-state index contributed by atoms with van der Waals surface area (Å²) in [4.78, 5) is 13.4. The lowest BCUT2D eigenvalue weighted by Gasteiger charge is -2.05. The van der Waals surface area contributed by atoms with E-state index in [9.17, 15) is 9.18 Å². The van der Waals surface area contributed by atoms with Crippen LogP contribution in [0.4, 0.5) is 10.1 Å². The number of anilines is 1. The van der Waals surface area contributed by atoms with Crippen molar-refractivity contribution >= 4 is 33.1 Å². The molecule has 0 radical (unpaired) electrons. The predicted octanol–water partition coefficient (Wildman–Crippen LogP) is 3.99. The van der Waals surface area contributed by atoms with Gasteiger partial charge in [-0.25, -0.2) is 4.39 Å². The minimum absolute atomic E-state index is 0.230. The zero-order valence-electron chi connectivity index (χ0n) is 14.7. The maximum Gasteiger partial charge on any atom is 0.263 e. The fourth-order valence-electron chi connectivity index (χ4n) is 2.32. The number of carbonyl (C=O) groups is 1. The summed E-state index contributed by atoms with van der Waals surface area (Å²) in [7, 11) is 0. The van der Waals surface area contributed by atoms with Gasteiger partial charge in [0.25, 0.3) is 5.91 Å². The van der Waals surface area contributed by atoms with Gasteiger partial charge >= 0.3 is 0 Å². The fraction of sp³-hybridized carbons (Fsp3) is 0.278. The van der Waals surface area contributed by atoms with Gasteiger partial charge in [0, 0.05) is 11.9 Å². The van der Waals surface area contributed by atoms with Crippen LogP contribution < -0.4 is 11.1 Å². The summed E-state index contributed by atoms with van der Waals surface area (Å²) >= 11 is 1.21. The zero-order chi connectivity index (χ0) is 18.6. The number of nitrogen functional groups attached to an aromatic ring is 1. The third-order valence-electron chi connectivity index (χ3n) is 3.68. The third kappa shape index (κ3) is 3.93. The first-order chi connectivity index (χ1) is 12.0. The van der Waals surface area contributed by atoms with Crippen LogP contribution in [0.15, 0.2) is 24.3 Å². The van der Waals surface area contributed by atoms with E-state index in [0.717, 1.165) is 16.6 Å². The molecule has 132 valence electrons. The number of carbonyl (C=O) groups excluding carboxylic acids is 1. The summed E-state index contributed by atoms with van der Waals surface area (Å²) in [6.07, 6.45) is 0. The Morgan fingerprint density at radius 1 is 1.28 bits per heavy atom. The quantitative estimate of drug-likeness (QED) is 0.740. The predicted molar refractivity (Wildman–Crippen MR) is 100 cm³/mol. The molecule has 5 nitrogen and oxygen atoms in total. The second-order valence-electron chi connectivity index (χ2n) is 5.25. The summed E-state index contributed by atoms with van der Waals surface area (Å²) in [5, 5.41) is 11.7. The van der Waals surface area contributed by atoms with E-state index in [0.29, 0.717) is 21.0 Å². The minimum atomic E-state index is -0.334. The molecular formula is C18H21FN4OS. The highest BCUT2D eigenvalue weighted by Crippen LogP contribution is 2.34. The summed E-state index contributed by atoms with van der Waals surface area (Å²) in [6, 6.07) is 6.09. The molecule has 1 aromatic carbocycles. The maximum atomic E-state index is 13.2. The van der Waals surface area contributed by atoms with Gasteiger partial charge in [-0.3, -0.25) is 4.79 Å². The number of aromatic nitrogens is 2. The molecule has 1 amide bonds. The first-order valence-electron chi connectivity index (χ1n) is 8.02. The van der Waals surface area contributed by atoms with E-state index in [1.54, 1.807) is 12.1 Å². The van der Waals surface area contributed by atoms with Crippen molar-refractivity contribution in [2.45, 2.75) is 34.2 Å².